The van der Waals surface area contributed by atoms with Crippen molar-refractivity contribution in [2.45, 2.75) is 161 Å². The van der Waals surface area contributed by atoms with Gasteiger partial charge in [0.2, 0.25) is 0 Å². The van der Waals surface area contributed by atoms with Crippen LogP contribution < -0.4 is 0 Å². The molecule has 0 aromatic rings. The minimum atomic E-state index is -1.10. The normalized spacial score (nSPS) is 48.0. The maximum absolute atomic E-state index is 12.5. The molecule has 3 bridgehead atoms. The van der Waals surface area contributed by atoms with Gasteiger partial charge in [-0.15, -0.1) is 0 Å². The zero-order valence-corrected chi connectivity index (χ0v) is 30.1. The molecule has 0 amide bonds. The van der Waals surface area contributed by atoms with Crippen LogP contribution in [0.1, 0.15) is 126 Å². The summed E-state index contributed by atoms with van der Waals surface area (Å²) in [6, 6.07) is 0. The number of esters is 1. The van der Waals surface area contributed by atoms with Crippen molar-refractivity contribution in [2.75, 3.05) is 6.54 Å². The Hall–Kier alpha value is -1.80. The highest BCUT2D eigenvalue weighted by Crippen LogP contribution is 2.55. The van der Waals surface area contributed by atoms with Crippen molar-refractivity contribution in [3.8, 4) is 0 Å². The fraction of sp³-hybridized carbons (Fsp3) is 0.800. The number of nitrogens with zero attached hydrogens (tertiary/aromatic N) is 1. The molecule has 0 aromatic carbocycles. The van der Waals surface area contributed by atoms with Crippen LogP contribution in [0, 0.1) is 35.0 Å². The molecule has 0 aromatic heterocycles. The molecule has 1 unspecified atom stereocenters. The molecule has 262 valence electrons. The Morgan fingerprint density at radius 2 is 1.74 bits per heavy atom. The largest absolute Gasteiger partial charge is 0.458 e. The summed E-state index contributed by atoms with van der Waals surface area (Å²) < 4.78 is 19.4. The summed E-state index contributed by atoms with van der Waals surface area (Å²) in [6.45, 7) is 20.4. The topological polar surface area (TPSA) is 97.6 Å². The van der Waals surface area contributed by atoms with E-state index in [-0.39, 0.29) is 47.4 Å². The van der Waals surface area contributed by atoms with Crippen molar-refractivity contribution >= 4 is 11.7 Å². The zero-order valence-electron chi connectivity index (χ0n) is 30.1. The lowest BCUT2D eigenvalue weighted by molar-refractivity contribution is -0.345. The number of aliphatic hydroxyl groups excluding tert-OH is 1. The van der Waals surface area contributed by atoms with Crippen LogP contribution >= 0.6 is 0 Å². The molecule has 2 spiro atoms. The smallest absolute Gasteiger partial charge is 0.309 e. The summed E-state index contributed by atoms with van der Waals surface area (Å²) in [5.74, 6) is -0.0644. The highest BCUT2D eigenvalue weighted by molar-refractivity contribution is 5.92. The maximum Gasteiger partial charge on any atom is 0.309 e. The Morgan fingerprint density at radius 1 is 0.979 bits per heavy atom. The molecule has 47 heavy (non-hydrogen) atoms. The summed E-state index contributed by atoms with van der Waals surface area (Å²) >= 11 is 0. The van der Waals surface area contributed by atoms with E-state index < -0.39 is 17.5 Å². The molecule has 6 aliphatic rings. The van der Waals surface area contributed by atoms with Gasteiger partial charge in [-0.25, -0.2) is 0 Å². The lowest BCUT2D eigenvalue weighted by atomic mass is 9.56. The van der Waals surface area contributed by atoms with Gasteiger partial charge in [-0.2, -0.15) is 0 Å². The number of hydrogen-bond donors (Lipinski definition) is 2. The number of cyclic esters (lactones) is 1. The molecule has 3 fully saturated rings. The molecule has 0 saturated carbocycles. The Kier molecular flexibility index (Phi) is 9.80. The summed E-state index contributed by atoms with van der Waals surface area (Å²) in [5.41, 5.74) is 4.76. The highest BCUT2D eigenvalue weighted by Gasteiger charge is 2.60. The molecule has 0 radical (unpaired) electrons. The van der Waals surface area contributed by atoms with E-state index in [0.717, 1.165) is 69.9 Å². The molecule has 3 saturated heterocycles. The van der Waals surface area contributed by atoms with Gasteiger partial charge < -0.3 is 24.4 Å². The summed E-state index contributed by atoms with van der Waals surface area (Å²) in [6.07, 6.45) is 10.9. The Bertz CT molecular complexity index is 1330. The van der Waals surface area contributed by atoms with Crippen LogP contribution in [-0.2, 0) is 19.0 Å². The Balaban J connectivity index is 1.42. The average Bonchev–Trinajstić information content (AvgIpc) is 3.47. The van der Waals surface area contributed by atoms with Gasteiger partial charge >= 0.3 is 5.97 Å². The lowest BCUT2D eigenvalue weighted by Crippen LogP contribution is -2.59. The number of rotatable bonds is 1. The first-order valence-corrected chi connectivity index (χ1v) is 18.7. The third kappa shape index (κ3) is 6.48. The Morgan fingerprint density at radius 3 is 2.47 bits per heavy atom. The quantitative estimate of drug-likeness (QED) is 0.223. The number of aliphatic imine (C=N–C) groups is 1. The molecule has 12 atom stereocenters. The second kappa shape index (κ2) is 13.2. The van der Waals surface area contributed by atoms with Crippen LogP contribution in [-0.4, -0.2) is 64.2 Å². The predicted molar refractivity (Wildman–Crippen MR) is 185 cm³/mol. The van der Waals surface area contributed by atoms with E-state index in [1.54, 1.807) is 0 Å². The molecule has 5 aliphatic heterocycles. The number of fused-ring (bicyclic) bond motifs is 2. The van der Waals surface area contributed by atoms with E-state index in [9.17, 15) is 15.0 Å². The van der Waals surface area contributed by atoms with Gasteiger partial charge in [0.05, 0.1) is 24.2 Å². The van der Waals surface area contributed by atoms with Crippen LogP contribution in [0.2, 0.25) is 0 Å². The molecule has 1 aliphatic carbocycles. The van der Waals surface area contributed by atoms with Crippen molar-refractivity contribution in [2.24, 2.45) is 40.0 Å². The first-order chi connectivity index (χ1) is 22.1. The van der Waals surface area contributed by atoms with Crippen molar-refractivity contribution < 1.29 is 29.2 Å². The van der Waals surface area contributed by atoms with Gasteiger partial charge in [0.15, 0.2) is 5.79 Å². The Labute approximate surface area is 283 Å². The van der Waals surface area contributed by atoms with E-state index in [2.05, 4.69) is 47.3 Å². The SMILES string of the molecule is C=C1CCCC2=NC[C@H](C)[C@@H](C)C[C@@]23CCC([C@@H]2CC(C)C(=O)O2)=C(C)[C@@H]3/C=C(\C)[C@@H](O)C[C@H]2O[C@@]3(C[C@H]2C)O[C@@H](CC[C@@]3(C)O)C1. The number of ether oxygens (including phenoxy) is 3. The second-order valence-corrected chi connectivity index (χ2v) is 17.0. The molecule has 7 nitrogen and oxygen atoms in total. The summed E-state index contributed by atoms with van der Waals surface area (Å²) in [4.78, 5) is 18.0. The maximum atomic E-state index is 12.5. The molecule has 2 N–H and O–H groups in total. The van der Waals surface area contributed by atoms with E-state index in [0.29, 0.717) is 31.1 Å². The highest BCUT2D eigenvalue weighted by atomic mass is 16.7. The fourth-order valence-electron chi connectivity index (χ4n) is 9.93. The molecular formula is C40H61NO6. The number of aliphatic hydroxyl groups is 2. The van der Waals surface area contributed by atoms with Crippen LogP contribution in [0.3, 0.4) is 0 Å². The third-order valence-corrected chi connectivity index (χ3v) is 13.4. The van der Waals surface area contributed by atoms with Gasteiger partial charge in [-0.3, -0.25) is 9.79 Å². The summed E-state index contributed by atoms with van der Waals surface area (Å²) in [5, 5.41) is 23.4. The van der Waals surface area contributed by atoms with Crippen molar-refractivity contribution in [1.82, 2.24) is 0 Å². The lowest BCUT2D eigenvalue weighted by Gasteiger charge is -2.48. The monoisotopic (exact) mass is 651 g/mol. The number of hydrogen-bond acceptors (Lipinski definition) is 7. The molecule has 7 heteroatoms. The van der Waals surface area contributed by atoms with Gasteiger partial charge in [0.1, 0.15) is 11.7 Å². The summed E-state index contributed by atoms with van der Waals surface area (Å²) in [7, 11) is 0. The van der Waals surface area contributed by atoms with Gasteiger partial charge in [0, 0.05) is 42.9 Å². The fourth-order valence-corrected chi connectivity index (χ4v) is 9.93. The van der Waals surface area contributed by atoms with Crippen LogP contribution in [0.4, 0.5) is 0 Å². The second-order valence-electron chi connectivity index (χ2n) is 17.0. The zero-order chi connectivity index (χ0) is 33.9. The van der Waals surface area contributed by atoms with Crippen molar-refractivity contribution in [1.29, 1.82) is 0 Å². The van der Waals surface area contributed by atoms with Gasteiger partial charge in [0.25, 0.3) is 0 Å². The van der Waals surface area contributed by atoms with Crippen molar-refractivity contribution in [3.63, 3.8) is 0 Å². The molecule has 5 heterocycles. The predicted octanol–water partition coefficient (Wildman–Crippen LogP) is 7.65. The van der Waals surface area contributed by atoms with E-state index in [1.165, 1.54) is 22.4 Å². The first-order valence-electron chi connectivity index (χ1n) is 18.7. The minimum Gasteiger partial charge on any atom is -0.458 e. The van der Waals surface area contributed by atoms with Gasteiger partial charge in [-0.1, -0.05) is 51.5 Å². The van der Waals surface area contributed by atoms with Gasteiger partial charge in [-0.05, 0) is 107 Å². The third-order valence-electron chi connectivity index (χ3n) is 13.4. The average molecular weight is 652 g/mol. The number of carbonyl (C=O) groups is 1. The van der Waals surface area contributed by atoms with Crippen LogP contribution in [0.5, 0.6) is 0 Å². The van der Waals surface area contributed by atoms with Crippen molar-refractivity contribution in [3.05, 3.63) is 34.9 Å². The minimum absolute atomic E-state index is 0.0412. The number of carbonyl (C=O) groups excluding carboxylic acids is 1. The van der Waals surface area contributed by atoms with Crippen LogP contribution in [0.15, 0.2) is 39.9 Å². The van der Waals surface area contributed by atoms with E-state index in [1.807, 2.05) is 13.8 Å². The van der Waals surface area contributed by atoms with E-state index >= 15 is 0 Å². The standard InChI is InChI=1S/C40H61NO6/c1-23-10-9-11-36-39(20-26(4)28(6)22-41-36)15-13-31(35-18-25(3)37(43)45-35)29(7)32(39)17-24(2)33(42)19-34-27(5)21-40(47-34)38(8,44)14-12-30(16-23)46-40/h17,25-28,30,32-35,42,44H,1,9-16,18-22H2,2-8H3/b24-17+/t25?,26-,27+,28-,30-,32-,33-,34+,35-,38+,39+,40+/m0/s1. The molecular weight excluding hydrogens is 590 g/mol. The molecule has 6 rings (SSSR count). The van der Waals surface area contributed by atoms with Crippen LogP contribution in [0.25, 0.3) is 0 Å². The van der Waals surface area contributed by atoms with E-state index in [4.69, 9.17) is 19.2 Å². The first kappa shape index (κ1) is 35.0. The number of allylic oxidation sites excluding steroid dienone is 2.